The minimum Gasteiger partial charge on any atom is -0.469 e. The van der Waals surface area contributed by atoms with Crippen LogP contribution >= 0.6 is 11.3 Å². The minimum atomic E-state index is -0.738. The van der Waals surface area contributed by atoms with Gasteiger partial charge in [-0.25, -0.2) is 0 Å². The van der Waals surface area contributed by atoms with E-state index in [-0.39, 0.29) is 11.4 Å². The molecule has 0 bridgehead atoms. The number of hydrogen-bond acceptors (Lipinski definition) is 4. The number of ether oxygens (including phenoxy) is 1. The van der Waals surface area contributed by atoms with E-state index in [1.165, 1.54) is 18.2 Å². The molecule has 0 saturated carbocycles. The number of methoxy groups -OCH3 is 1. The van der Waals surface area contributed by atoms with Gasteiger partial charge in [0.1, 0.15) is 0 Å². The number of thiophene rings is 1. The Labute approximate surface area is 196 Å². The van der Waals surface area contributed by atoms with Gasteiger partial charge in [0.05, 0.1) is 19.1 Å². The molecule has 2 unspecified atom stereocenters. The van der Waals surface area contributed by atoms with Gasteiger partial charge < -0.3 is 9.84 Å². The number of esters is 1. The number of carbonyl (C=O) groups is 1. The maximum Gasteiger partial charge on any atom is 0.311 e. The summed E-state index contributed by atoms with van der Waals surface area (Å²) in [6, 6.07) is 10.6. The van der Waals surface area contributed by atoms with Crippen molar-refractivity contribution in [3.63, 3.8) is 0 Å². The number of hydrogen-bond donors (Lipinski definition) is 1. The molecule has 0 spiro atoms. The molecule has 0 saturated heterocycles. The Balaban J connectivity index is 1.84. The summed E-state index contributed by atoms with van der Waals surface area (Å²) in [5.41, 5.74) is 3.54. The Hall–Kier alpha value is -2.61. The van der Waals surface area contributed by atoms with E-state index in [1.807, 2.05) is 26.8 Å². The Morgan fingerprint density at radius 2 is 2.03 bits per heavy atom. The van der Waals surface area contributed by atoms with Gasteiger partial charge in [-0.3, -0.25) is 4.79 Å². The highest BCUT2D eigenvalue weighted by Crippen LogP contribution is 2.23. The van der Waals surface area contributed by atoms with Crippen LogP contribution in [-0.2, 0) is 9.53 Å². The first kappa shape index (κ1) is 25.6. The number of benzene rings is 1. The Morgan fingerprint density at radius 3 is 2.72 bits per heavy atom. The molecule has 4 heteroatoms. The van der Waals surface area contributed by atoms with Crippen LogP contribution < -0.4 is 0 Å². The van der Waals surface area contributed by atoms with Crippen LogP contribution in [0.3, 0.4) is 0 Å². The van der Waals surface area contributed by atoms with E-state index in [0.29, 0.717) is 12.8 Å². The normalized spacial score (nSPS) is 13.7. The predicted octanol–water partition coefficient (Wildman–Crippen LogP) is 6.74. The molecule has 0 fully saturated rings. The molecule has 0 radical (unpaired) electrons. The lowest BCUT2D eigenvalue weighted by atomic mass is 9.94. The van der Waals surface area contributed by atoms with E-state index < -0.39 is 12.0 Å². The number of aliphatic hydroxyl groups is 1. The zero-order valence-corrected chi connectivity index (χ0v) is 20.3. The summed E-state index contributed by atoms with van der Waals surface area (Å²) in [4.78, 5) is 12.1. The molecule has 2 aromatic rings. The summed E-state index contributed by atoms with van der Waals surface area (Å²) in [7, 11) is 1.36. The van der Waals surface area contributed by atoms with Crippen molar-refractivity contribution in [2.75, 3.05) is 7.11 Å². The molecule has 1 aromatic heterocycles. The van der Waals surface area contributed by atoms with E-state index >= 15 is 0 Å². The lowest BCUT2D eigenvalue weighted by Crippen LogP contribution is -2.29. The maximum atomic E-state index is 12.1. The molecule has 0 aliphatic carbocycles. The average Bonchev–Trinajstić information content (AvgIpc) is 3.30. The van der Waals surface area contributed by atoms with E-state index in [0.717, 1.165) is 18.4 Å². The van der Waals surface area contributed by atoms with Gasteiger partial charge in [-0.1, -0.05) is 48.3 Å². The highest BCUT2D eigenvalue weighted by Gasteiger charge is 2.26. The number of allylic oxidation sites excluding steroid dienone is 3. The molecule has 0 aliphatic rings. The molecule has 0 amide bonds. The topological polar surface area (TPSA) is 46.5 Å². The fourth-order valence-corrected chi connectivity index (χ4v) is 3.87. The third-order valence-corrected chi connectivity index (χ3v) is 5.61. The summed E-state index contributed by atoms with van der Waals surface area (Å²) in [5, 5.41) is 14.8. The van der Waals surface area contributed by atoms with Crippen LogP contribution in [0, 0.1) is 23.2 Å². The van der Waals surface area contributed by atoms with E-state index in [2.05, 4.69) is 65.1 Å². The van der Waals surface area contributed by atoms with Crippen molar-refractivity contribution in [1.82, 2.24) is 0 Å². The number of aliphatic hydroxyl groups excluding tert-OH is 1. The van der Waals surface area contributed by atoms with Crippen LogP contribution in [0.1, 0.15) is 52.0 Å². The number of carbonyl (C=O) groups excluding carboxylic acids is 1. The molecular weight excluding hydrogens is 416 g/mol. The third-order valence-electron chi connectivity index (χ3n) is 4.93. The zero-order chi connectivity index (χ0) is 23.4. The van der Waals surface area contributed by atoms with E-state index in [1.54, 1.807) is 17.4 Å². The first-order valence-electron chi connectivity index (χ1n) is 11.0. The molecule has 1 heterocycles. The van der Waals surface area contributed by atoms with Crippen molar-refractivity contribution in [2.45, 2.75) is 52.6 Å². The Bertz CT molecular complexity index is 953. The molecule has 2 atom stereocenters. The fourth-order valence-electron chi connectivity index (χ4n) is 3.21. The van der Waals surface area contributed by atoms with Crippen molar-refractivity contribution in [1.29, 1.82) is 0 Å². The van der Waals surface area contributed by atoms with Crippen LogP contribution in [0.15, 0.2) is 59.3 Å². The van der Waals surface area contributed by atoms with Gasteiger partial charge in [-0.05, 0) is 92.1 Å². The highest BCUT2D eigenvalue weighted by molar-refractivity contribution is 7.08. The zero-order valence-electron chi connectivity index (χ0n) is 19.5. The van der Waals surface area contributed by atoms with Gasteiger partial charge in [0.25, 0.3) is 0 Å². The van der Waals surface area contributed by atoms with Crippen molar-refractivity contribution in [2.24, 2.45) is 11.3 Å². The molecule has 32 heavy (non-hydrogen) atoms. The lowest BCUT2D eigenvalue weighted by Gasteiger charge is -2.19. The van der Waals surface area contributed by atoms with Crippen LogP contribution in [0.5, 0.6) is 0 Å². The van der Waals surface area contributed by atoms with Gasteiger partial charge in [0.15, 0.2) is 0 Å². The molecule has 3 nitrogen and oxygen atoms in total. The lowest BCUT2D eigenvalue weighted by molar-refractivity contribution is -0.149. The Morgan fingerprint density at radius 1 is 1.22 bits per heavy atom. The van der Waals surface area contributed by atoms with Crippen molar-refractivity contribution in [3.05, 3.63) is 64.9 Å². The quantitative estimate of drug-likeness (QED) is 0.248. The first-order chi connectivity index (χ1) is 15.3. The second-order valence-electron chi connectivity index (χ2n) is 8.83. The van der Waals surface area contributed by atoms with E-state index in [9.17, 15) is 9.90 Å². The summed E-state index contributed by atoms with van der Waals surface area (Å²) < 4.78 is 4.89. The molecule has 0 aliphatic heterocycles. The SMILES string of the molecule is COC(=O)C(CC=CC#CC(C)(C)C)C(O)CCCC=Cc1cccc(-c2ccsc2)c1. The van der Waals surface area contributed by atoms with Gasteiger partial charge in [0.2, 0.25) is 0 Å². The third kappa shape index (κ3) is 9.26. The van der Waals surface area contributed by atoms with Crippen LogP contribution in [0.25, 0.3) is 17.2 Å². The van der Waals surface area contributed by atoms with Crippen molar-refractivity contribution in [3.8, 4) is 23.0 Å². The maximum absolute atomic E-state index is 12.1. The monoisotopic (exact) mass is 450 g/mol. The molecular formula is C28H34O3S. The average molecular weight is 451 g/mol. The highest BCUT2D eigenvalue weighted by atomic mass is 32.1. The van der Waals surface area contributed by atoms with E-state index in [4.69, 9.17) is 4.74 Å². The first-order valence-corrected chi connectivity index (χ1v) is 12.0. The molecule has 2 rings (SSSR count). The van der Waals surface area contributed by atoms with Gasteiger partial charge >= 0.3 is 5.97 Å². The molecule has 1 N–H and O–H groups in total. The summed E-state index contributed by atoms with van der Waals surface area (Å²) in [5.74, 6) is 5.16. The van der Waals surface area contributed by atoms with Gasteiger partial charge in [0, 0.05) is 5.41 Å². The van der Waals surface area contributed by atoms with Crippen molar-refractivity contribution >= 4 is 23.4 Å². The van der Waals surface area contributed by atoms with Gasteiger partial charge in [-0.15, -0.1) is 0 Å². The number of unbranched alkanes of at least 4 members (excludes halogenated alkanes) is 1. The largest absolute Gasteiger partial charge is 0.469 e. The van der Waals surface area contributed by atoms with Crippen LogP contribution in [0.2, 0.25) is 0 Å². The second kappa shape index (κ2) is 13.1. The summed E-state index contributed by atoms with van der Waals surface area (Å²) in [6.45, 7) is 6.14. The summed E-state index contributed by atoms with van der Waals surface area (Å²) >= 11 is 1.70. The Kier molecular flexibility index (Phi) is 10.5. The number of rotatable bonds is 10. The van der Waals surface area contributed by atoms with Crippen LogP contribution in [0.4, 0.5) is 0 Å². The molecule has 170 valence electrons. The van der Waals surface area contributed by atoms with Crippen LogP contribution in [-0.4, -0.2) is 24.3 Å². The van der Waals surface area contributed by atoms with Gasteiger partial charge in [-0.2, -0.15) is 11.3 Å². The van der Waals surface area contributed by atoms with Crippen molar-refractivity contribution < 1.29 is 14.6 Å². The smallest absolute Gasteiger partial charge is 0.311 e. The second-order valence-corrected chi connectivity index (χ2v) is 9.61. The predicted molar refractivity (Wildman–Crippen MR) is 135 cm³/mol. The standard InChI is InChI=1S/C28H34O3S/c1-28(2,3)18-10-6-8-15-25(27(30)31-4)26(29)16-9-5-7-12-22-13-11-14-23(20-22)24-17-19-32-21-24/h6-8,11-14,17,19-21,25-26,29H,5,9,15-16H2,1-4H3. The minimum absolute atomic E-state index is 0.0651. The molecule has 1 aromatic carbocycles. The summed E-state index contributed by atoms with van der Waals surface area (Å²) in [6.07, 6.45) is 9.66. The fraction of sp³-hybridized carbons (Fsp3) is 0.393.